The molecule has 0 fully saturated rings. The lowest BCUT2D eigenvalue weighted by Crippen LogP contribution is -2.33. The molecule has 0 saturated heterocycles. The number of halogens is 2. The summed E-state index contributed by atoms with van der Waals surface area (Å²) in [5, 5.41) is 12.4. The summed E-state index contributed by atoms with van der Waals surface area (Å²) in [5.74, 6) is -0.418. The average molecular weight is 319 g/mol. The highest BCUT2D eigenvalue weighted by Gasteiger charge is 2.24. The van der Waals surface area contributed by atoms with E-state index in [-0.39, 0.29) is 35.1 Å². The lowest BCUT2D eigenvalue weighted by molar-refractivity contribution is -0.149. The Balaban J connectivity index is 2.16. The van der Waals surface area contributed by atoms with Crippen molar-refractivity contribution >= 4 is 35.5 Å². The number of carbonyl (C=O) groups excluding carboxylic acids is 2. The van der Waals surface area contributed by atoms with Crippen molar-refractivity contribution in [2.75, 3.05) is 13.1 Å². The molecule has 1 aromatic carbocycles. The third-order valence-electron chi connectivity index (χ3n) is 2.90. The van der Waals surface area contributed by atoms with Gasteiger partial charge in [-0.05, 0) is 17.2 Å². The van der Waals surface area contributed by atoms with Gasteiger partial charge in [-0.1, -0.05) is 23.2 Å². The fourth-order valence-electron chi connectivity index (χ4n) is 1.93. The Kier molecular flexibility index (Phi) is 4.82. The van der Waals surface area contributed by atoms with E-state index in [9.17, 15) is 9.59 Å². The highest BCUT2D eigenvalue weighted by molar-refractivity contribution is 6.44. The predicted molar refractivity (Wildman–Crippen MR) is 71.8 cm³/mol. The van der Waals surface area contributed by atoms with E-state index in [1.54, 1.807) is 6.07 Å². The van der Waals surface area contributed by atoms with Crippen molar-refractivity contribution in [2.24, 2.45) is 0 Å². The van der Waals surface area contributed by atoms with Gasteiger partial charge in [-0.15, -0.1) is 0 Å². The van der Waals surface area contributed by atoms with Crippen molar-refractivity contribution in [3.05, 3.63) is 32.8 Å². The second kappa shape index (κ2) is 6.41. The van der Waals surface area contributed by atoms with Gasteiger partial charge in [0.1, 0.15) is 0 Å². The predicted octanol–water partition coefficient (Wildman–Crippen LogP) is 1.60. The van der Waals surface area contributed by atoms with Crippen LogP contribution >= 0.6 is 23.2 Å². The summed E-state index contributed by atoms with van der Waals surface area (Å²) in [7, 11) is 0. The average Bonchev–Trinajstić information content (AvgIpc) is 2.87. The van der Waals surface area contributed by atoms with Crippen LogP contribution in [0.4, 0.5) is 0 Å². The Hall–Kier alpha value is -1.34. The summed E-state index contributed by atoms with van der Waals surface area (Å²) >= 11 is 12.1. The van der Waals surface area contributed by atoms with Crippen molar-refractivity contribution in [2.45, 2.75) is 13.2 Å². The molecule has 1 aliphatic heterocycles. The molecule has 0 atom stereocenters. The molecule has 1 heterocycles. The van der Waals surface area contributed by atoms with Crippen molar-refractivity contribution in [1.82, 2.24) is 10.4 Å². The molecule has 108 valence electrons. The molecule has 1 aliphatic rings. The number of nitrogens with zero attached hydrogens (tertiary/aromatic N) is 1. The number of ether oxygens (including phenoxy) is 1. The van der Waals surface area contributed by atoms with Crippen molar-refractivity contribution < 1.29 is 19.5 Å². The van der Waals surface area contributed by atoms with Crippen LogP contribution in [0.3, 0.4) is 0 Å². The standard InChI is InChI=1S/C12H12Cl2N2O4/c13-9-3-7-4-20-5-8(7)10(11(9)14)12(18)15-1-2-16(19)6-17/h3,6,19H,1-2,4-5H2,(H,15,18). The van der Waals surface area contributed by atoms with Gasteiger partial charge in [0.15, 0.2) is 0 Å². The van der Waals surface area contributed by atoms with Gasteiger partial charge in [0.05, 0.1) is 35.4 Å². The van der Waals surface area contributed by atoms with Crippen LogP contribution in [0.15, 0.2) is 6.07 Å². The first-order chi connectivity index (χ1) is 9.54. The van der Waals surface area contributed by atoms with Crippen LogP contribution in [-0.4, -0.2) is 35.7 Å². The molecular formula is C12H12Cl2N2O4. The number of nitrogens with one attached hydrogen (secondary N) is 1. The number of amides is 2. The van der Waals surface area contributed by atoms with E-state index in [4.69, 9.17) is 33.1 Å². The third-order valence-corrected chi connectivity index (χ3v) is 3.69. The smallest absolute Gasteiger partial charge is 0.253 e. The fraction of sp³-hybridized carbons (Fsp3) is 0.333. The van der Waals surface area contributed by atoms with Crippen molar-refractivity contribution in [1.29, 1.82) is 0 Å². The second-order valence-electron chi connectivity index (χ2n) is 4.20. The van der Waals surface area contributed by atoms with Gasteiger partial charge in [0.25, 0.3) is 5.91 Å². The number of rotatable bonds is 5. The Morgan fingerprint density at radius 3 is 2.95 bits per heavy atom. The Morgan fingerprint density at radius 1 is 1.50 bits per heavy atom. The van der Waals surface area contributed by atoms with Crippen LogP contribution in [0.1, 0.15) is 21.5 Å². The van der Waals surface area contributed by atoms with Gasteiger partial charge >= 0.3 is 0 Å². The molecule has 1 aromatic rings. The highest BCUT2D eigenvalue weighted by atomic mass is 35.5. The first kappa shape index (κ1) is 15.1. The summed E-state index contributed by atoms with van der Waals surface area (Å²) in [6, 6.07) is 1.69. The van der Waals surface area contributed by atoms with Crippen LogP contribution in [0.5, 0.6) is 0 Å². The van der Waals surface area contributed by atoms with Crippen molar-refractivity contribution in [3.8, 4) is 0 Å². The number of hydroxylamine groups is 2. The van der Waals surface area contributed by atoms with E-state index in [0.717, 1.165) is 5.56 Å². The molecule has 20 heavy (non-hydrogen) atoms. The van der Waals surface area contributed by atoms with E-state index in [1.807, 2.05) is 0 Å². The summed E-state index contributed by atoms with van der Waals surface area (Å²) < 4.78 is 5.28. The number of carbonyl (C=O) groups is 2. The zero-order valence-electron chi connectivity index (χ0n) is 10.4. The minimum absolute atomic E-state index is 0.0217. The summed E-state index contributed by atoms with van der Waals surface area (Å²) in [4.78, 5) is 22.4. The second-order valence-corrected chi connectivity index (χ2v) is 4.99. The monoisotopic (exact) mass is 318 g/mol. The number of fused-ring (bicyclic) bond motifs is 1. The number of hydrogen-bond donors (Lipinski definition) is 2. The van der Waals surface area contributed by atoms with Crippen LogP contribution in [0, 0.1) is 0 Å². The lowest BCUT2D eigenvalue weighted by Gasteiger charge is -2.13. The SMILES string of the molecule is O=CN(O)CCNC(=O)c1c(Cl)c(Cl)cc2c1COC2. The maximum Gasteiger partial charge on any atom is 0.253 e. The molecule has 0 aliphatic carbocycles. The third kappa shape index (κ3) is 3.04. The van der Waals surface area contributed by atoms with Gasteiger partial charge in [0, 0.05) is 6.54 Å². The zero-order valence-corrected chi connectivity index (χ0v) is 11.9. The first-order valence-corrected chi connectivity index (χ1v) is 6.56. The molecule has 6 nitrogen and oxygen atoms in total. The van der Waals surface area contributed by atoms with E-state index < -0.39 is 5.91 Å². The van der Waals surface area contributed by atoms with Crippen LogP contribution < -0.4 is 5.32 Å². The van der Waals surface area contributed by atoms with E-state index in [2.05, 4.69) is 5.32 Å². The molecule has 2 rings (SSSR count). The quantitative estimate of drug-likeness (QED) is 0.491. The van der Waals surface area contributed by atoms with Crippen LogP contribution in [0.25, 0.3) is 0 Å². The normalized spacial score (nSPS) is 12.9. The number of hydrogen-bond acceptors (Lipinski definition) is 4. The lowest BCUT2D eigenvalue weighted by atomic mass is 10.0. The van der Waals surface area contributed by atoms with Gasteiger partial charge in [-0.3, -0.25) is 14.8 Å². The van der Waals surface area contributed by atoms with Crippen LogP contribution in [0.2, 0.25) is 10.0 Å². The van der Waals surface area contributed by atoms with E-state index in [1.165, 1.54) is 0 Å². The Bertz CT molecular complexity index is 551. The molecule has 0 spiro atoms. The van der Waals surface area contributed by atoms with E-state index in [0.29, 0.717) is 23.8 Å². The molecule has 2 N–H and O–H groups in total. The van der Waals surface area contributed by atoms with Gasteiger partial charge in [-0.2, -0.15) is 0 Å². The Morgan fingerprint density at radius 2 is 2.25 bits per heavy atom. The molecule has 0 bridgehead atoms. The van der Waals surface area contributed by atoms with Crippen LogP contribution in [-0.2, 0) is 22.7 Å². The van der Waals surface area contributed by atoms with Gasteiger partial charge in [-0.25, -0.2) is 5.06 Å². The summed E-state index contributed by atoms with van der Waals surface area (Å²) in [5.41, 5.74) is 1.83. The summed E-state index contributed by atoms with van der Waals surface area (Å²) in [6.07, 6.45) is 0.254. The van der Waals surface area contributed by atoms with Crippen molar-refractivity contribution in [3.63, 3.8) is 0 Å². The Labute approximate surface area is 125 Å². The highest BCUT2D eigenvalue weighted by Crippen LogP contribution is 2.35. The van der Waals surface area contributed by atoms with Gasteiger partial charge in [0.2, 0.25) is 6.41 Å². The largest absolute Gasteiger partial charge is 0.372 e. The fourth-order valence-corrected chi connectivity index (χ4v) is 2.42. The molecule has 2 amide bonds. The maximum atomic E-state index is 12.1. The van der Waals surface area contributed by atoms with Gasteiger partial charge < -0.3 is 10.1 Å². The van der Waals surface area contributed by atoms with E-state index >= 15 is 0 Å². The zero-order chi connectivity index (χ0) is 14.7. The minimum Gasteiger partial charge on any atom is -0.372 e. The molecule has 0 aromatic heterocycles. The molecule has 0 radical (unpaired) electrons. The molecule has 0 saturated carbocycles. The summed E-state index contributed by atoms with van der Waals surface area (Å²) in [6.45, 7) is 0.760. The molecular weight excluding hydrogens is 307 g/mol. The molecule has 0 unspecified atom stereocenters. The maximum absolute atomic E-state index is 12.1. The first-order valence-electron chi connectivity index (χ1n) is 5.81. The number of benzene rings is 1. The topological polar surface area (TPSA) is 78.9 Å². The molecule has 8 heteroatoms. The minimum atomic E-state index is -0.418.